The molecule has 2 N–H and O–H groups in total. The van der Waals surface area contributed by atoms with Crippen LogP contribution in [0.15, 0.2) is 4.99 Å². The van der Waals surface area contributed by atoms with Crippen LogP contribution in [0.1, 0.15) is 47.0 Å². The number of likely N-dealkylation sites (tertiary alicyclic amines) is 1. The summed E-state index contributed by atoms with van der Waals surface area (Å²) >= 11 is 0. The molecule has 1 fully saturated rings. The molecule has 0 spiro atoms. The first-order valence-corrected chi connectivity index (χ1v) is 7.74. The van der Waals surface area contributed by atoms with Crippen LogP contribution in [0.2, 0.25) is 0 Å². The second-order valence-electron chi connectivity index (χ2n) is 6.28. The maximum Gasteiger partial charge on any atom is 0.191 e. The van der Waals surface area contributed by atoms with Crippen molar-refractivity contribution in [1.29, 1.82) is 0 Å². The number of nitrogens with zero attached hydrogens (tertiary/aromatic N) is 2. The molecule has 19 heavy (non-hydrogen) atoms. The number of rotatable bonds is 6. The summed E-state index contributed by atoms with van der Waals surface area (Å²) in [7, 11) is 1.84. The molecule has 0 aromatic heterocycles. The van der Waals surface area contributed by atoms with Gasteiger partial charge in [0, 0.05) is 25.7 Å². The van der Waals surface area contributed by atoms with Gasteiger partial charge in [0.15, 0.2) is 5.96 Å². The zero-order valence-electron chi connectivity index (χ0n) is 13.4. The summed E-state index contributed by atoms with van der Waals surface area (Å²) in [4.78, 5) is 6.92. The van der Waals surface area contributed by atoms with Crippen molar-refractivity contribution in [2.45, 2.75) is 59.0 Å². The zero-order valence-corrected chi connectivity index (χ0v) is 13.4. The Morgan fingerprint density at radius 2 is 1.79 bits per heavy atom. The van der Waals surface area contributed by atoms with E-state index in [2.05, 4.69) is 48.2 Å². The van der Waals surface area contributed by atoms with Crippen molar-refractivity contribution in [3.63, 3.8) is 0 Å². The topological polar surface area (TPSA) is 39.7 Å². The predicted molar refractivity (Wildman–Crippen MR) is 83.7 cm³/mol. The SMILES string of the molecule is CN=C(NCC(CC(C)C)N1CCCC1)NC(C)C. The normalized spacial score (nSPS) is 19.2. The Morgan fingerprint density at radius 3 is 2.26 bits per heavy atom. The first-order valence-electron chi connectivity index (χ1n) is 7.74. The summed E-state index contributed by atoms with van der Waals surface area (Å²) in [6.07, 6.45) is 3.97. The largest absolute Gasteiger partial charge is 0.355 e. The maximum absolute atomic E-state index is 4.28. The third kappa shape index (κ3) is 6.28. The lowest BCUT2D eigenvalue weighted by molar-refractivity contribution is 0.212. The van der Waals surface area contributed by atoms with E-state index in [0.717, 1.165) is 18.4 Å². The van der Waals surface area contributed by atoms with E-state index < -0.39 is 0 Å². The molecule has 1 saturated heterocycles. The minimum atomic E-state index is 0.418. The monoisotopic (exact) mass is 268 g/mol. The van der Waals surface area contributed by atoms with E-state index in [1.54, 1.807) is 0 Å². The second kappa shape index (κ2) is 8.41. The highest BCUT2D eigenvalue weighted by Crippen LogP contribution is 2.17. The van der Waals surface area contributed by atoms with Crippen LogP contribution in [-0.4, -0.2) is 49.6 Å². The molecule has 0 amide bonds. The van der Waals surface area contributed by atoms with Crippen LogP contribution >= 0.6 is 0 Å². The van der Waals surface area contributed by atoms with Crippen LogP contribution in [0.5, 0.6) is 0 Å². The highest BCUT2D eigenvalue weighted by atomic mass is 15.2. The van der Waals surface area contributed by atoms with Gasteiger partial charge in [0.1, 0.15) is 0 Å². The van der Waals surface area contributed by atoms with Crippen molar-refractivity contribution >= 4 is 5.96 Å². The summed E-state index contributed by atoms with van der Waals surface area (Å²) in [6, 6.07) is 1.05. The van der Waals surface area contributed by atoms with E-state index in [1.165, 1.54) is 32.4 Å². The average Bonchev–Trinajstić information content (AvgIpc) is 2.85. The Labute approximate surface area is 119 Å². The molecule has 1 aliphatic rings. The van der Waals surface area contributed by atoms with Crippen LogP contribution in [-0.2, 0) is 0 Å². The average molecular weight is 268 g/mol. The number of hydrogen-bond donors (Lipinski definition) is 2. The number of hydrogen-bond acceptors (Lipinski definition) is 2. The fraction of sp³-hybridized carbons (Fsp3) is 0.933. The van der Waals surface area contributed by atoms with Crippen molar-refractivity contribution in [3.05, 3.63) is 0 Å². The van der Waals surface area contributed by atoms with Gasteiger partial charge in [0.25, 0.3) is 0 Å². The standard InChI is InChI=1S/C15H32N4/c1-12(2)10-14(19-8-6-7-9-19)11-17-15(16-5)18-13(3)4/h12-14H,6-11H2,1-5H3,(H2,16,17,18). The molecule has 1 aliphatic heterocycles. The Morgan fingerprint density at radius 1 is 1.16 bits per heavy atom. The summed E-state index contributed by atoms with van der Waals surface area (Å²) in [5, 5.41) is 6.83. The molecule has 0 aromatic rings. The predicted octanol–water partition coefficient (Wildman–Crippen LogP) is 2.07. The molecule has 1 atom stereocenters. The van der Waals surface area contributed by atoms with Gasteiger partial charge in [0.05, 0.1) is 0 Å². The van der Waals surface area contributed by atoms with E-state index >= 15 is 0 Å². The molecule has 1 heterocycles. The van der Waals surface area contributed by atoms with Crippen molar-refractivity contribution < 1.29 is 0 Å². The van der Waals surface area contributed by atoms with E-state index in [9.17, 15) is 0 Å². The summed E-state index contributed by atoms with van der Waals surface area (Å²) < 4.78 is 0. The molecule has 1 unspecified atom stereocenters. The van der Waals surface area contributed by atoms with Gasteiger partial charge in [-0.15, -0.1) is 0 Å². The van der Waals surface area contributed by atoms with Gasteiger partial charge in [-0.1, -0.05) is 13.8 Å². The molecule has 0 bridgehead atoms. The Hall–Kier alpha value is -0.770. The third-order valence-corrected chi connectivity index (χ3v) is 3.55. The molecule has 4 heteroatoms. The second-order valence-corrected chi connectivity index (χ2v) is 6.28. The summed E-state index contributed by atoms with van der Waals surface area (Å²) in [5.41, 5.74) is 0. The first kappa shape index (κ1) is 16.3. The smallest absolute Gasteiger partial charge is 0.191 e. The van der Waals surface area contributed by atoms with Crippen molar-refractivity contribution in [1.82, 2.24) is 15.5 Å². The van der Waals surface area contributed by atoms with Gasteiger partial charge in [0.2, 0.25) is 0 Å². The van der Waals surface area contributed by atoms with Crippen molar-refractivity contribution in [2.24, 2.45) is 10.9 Å². The van der Waals surface area contributed by atoms with Gasteiger partial charge in [-0.25, -0.2) is 0 Å². The van der Waals surface area contributed by atoms with Crippen LogP contribution < -0.4 is 10.6 Å². The van der Waals surface area contributed by atoms with E-state index in [1.807, 2.05) is 7.05 Å². The molecular formula is C15H32N4. The highest BCUT2D eigenvalue weighted by Gasteiger charge is 2.22. The van der Waals surface area contributed by atoms with Crippen molar-refractivity contribution in [3.8, 4) is 0 Å². The molecule has 0 radical (unpaired) electrons. The summed E-state index contributed by atoms with van der Waals surface area (Å²) in [5.74, 6) is 1.66. The minimum Gasteiger partial charge on any atom is -0.355 e. The molecule has 112 valence electrons. The first-order chi connectivity index (χ1) is 9.02. The highest BCUT2D eigenvalue weighted by molar-refractivity contribution is 5.79. The van der Waals surface area contributed by atoms with Crippen LogP contribution in [0.25, 0.3) is 0 Å². The van der Waals surface area contributed by atoms with E-state index in [4.69, 9.17) is 0 Å². The Balaban J connectivity index is 2.47. The molecule has 0 saturated carbocycles. The maximum atomic E-state index is 4.28. The lowest BCUT2D eigenvalue weighted by Crippen LogP contribution is -2.48. The van der Waals surface area contributed by atoms with Crippen LogP contribution in [0.3, 0.4) is 0 Å². The van der Waals surface area contributed by atoms with Gasteiger partial charge < -0.3 is 10.6 Å². The molecule has 1 rings (SSSR count). The van der Waals surface area contributed by atoms with Crippen LogP contribution in [0.4, 0.5) is 0 Å². The fourth-order valence-electron chi connectivity index (χ4n) is 2.69. The van der Waals surface area contributed by atoms with Crippen molar-refractivity contribution in [2.75, 3.05) is 26.7 Å². The fourth-order valence-corrected chi connectivity index (χ4v) is 2.69. The number of aliphatic imine (C=N–C) groups is 1. The lowest BCUT2D eigenvalue weighted by Gasteiger charge is -2.30. The van der Waals surface area contributed by atoms with E-state index in [0.29, 0.717) is 12.1 Å². The molecule has 0 aliphatic carbocycles. The number of guanidine groups is 1. The van der Waals surface area contributed by atoms with Crippen LogP contribution in [0, 0.1) is 5.92 Å². The Kier molecular flexibility index (Phi) is 7.21. The summed E-state index contributed by atoms with van der Waals surface area (Å²) in [6.45, 7) is 12.4. The Bertz CT molecular complexity index is 267. The lowest BCUT2D eigenvalue weighted by atomic mass is 10.0. The quantitative estimate of drug-likeness (QED) is 0.572. The minimum absolute atomic E-state index is 0.418. The van der Waals surface area contributed by atoms with E-state index in [-0.39, 0.29) is 0 Å². The third-order valence-electron chi connectivity index (χ3n) is 3.55. The molecule has 4 nitrogen and oxygen atoms in total. The molecule has 0 aromatic carbocycles. The van der Waals surface area contributed by atoms with Gasteiger partial charge in [-0.05, 0) is 52.1 Å². The zero-order chi connectivity index (χ0) is 14.3. The van der Waals surface area contributed by atoms with Gasteiger partial charge in [-0.2, -0.15) is 0 Å². The van der Waals surface area contributed by atoms with Gasteiger partial charge in [-0.3, -0.25) is 9.89 Å². The molecular weight excluding hydrogens is 236 g/mol. The van der Waals surface area contributed by atoms with Gasteiger partial charge >= 0.3 is 0 Å². The number of nitrogens with one attached hydrogen (secondary N) is 2.